The van der Waals surface area contributed by atoms with Crippen LogP contribution >= 0.6 is 0 Å². The molecule has 0 radical (unpaired) electrons. The molecule has 4 aliphatic rings. The first-order chi connectivity index (χ1) is 12.2. The molecule has 5 unspecified atom stereocenters. The summed E-state index contributed by atoms with van der Waals surface area (Å²) in [5.74, 6) is -1.44. The molecule has 9 nitrogen and oxygen atoms in total. The minimum atomic E-state index is -1.47. The molecule has 0 aromatic rings. The third kappa shape index (κ3) is 1.89. The number of amides is 1. The van der Waals surface area contributed by atoms with E-state index in [0.717, 1.165) is 0 Å². The molecule has 26 heavy (non-hydrogen) atoms. The fraction of sp³-hybridized carbons (Fsp3) is 0.588. The fourth-order valence-corrected chi connectivity index (χ4v) is 4.76. The fourth-order valence-electron chi connectivity index (χ4n) is 4.76. The normalized spacial score (nSPS) is 37.6. The minimum absolute atomic E-state index is 0.104. The number of nitrogens with zero attached hydrogens (tertiary/aromatic N) is 2. The van der Waals surface area contributed by atoms with Gasteiger partial charge in [0, 0.05) is 30.3 Å². The lowest BCUT2D eigenvalue weighted by Gasteiger charge is -2.37. The van der Waals surface area contributed by atoms with Crippen LogP contribution in [0.1, 0.15) is 13.8 Å². The van der Waals surface area contributed by atoms with Gasteiger partial charge >= 0.3 is 6.09 Å². The van der Waals surface area contributed by atoms with Crippen LogP contribution < -0.4 is 11.1 Å². The molecule has 9 heteroatoms. The lowest BCUT2D eigenvalue weighted by Crippen LogP contribution is -2.53. The summed E-state index contributed by atoms with van der Waals surface area (Å²) < 4.78 is 4.96. The van der Waals surface area contributed by atoms with Crippen LogP contribution in [0.15, 0.2) is 22.5 Å². The number of hydrogen-bond acceptors (Lipinski definition) is 8. The van der Waals surface area contributed by atoms with Gasteiger partial charge in [-0.15, -0.1) is 0 Å². The molecule has 4 rings (SSSR count). The summed E-state index contributed by atoms with van der Waals surface area (Å²) in [6.07, 6.45) is -0.985. The predicted octanol–water partition coefficient (Wildman–Crippen LogP) is -1.31. The van der Waals surface area contributed by atoms with Crippen LogP contribution in [0, 0.1) is 5.92 Å². The summed E-state index contributed by atoms with van der Waals surface area (Å²) in [5, 5.41) is 14.5. The third-order valence-corrected chi connectivity index (χ3v) is 6.01. The maximum atomic E-state index is 13.1. The first kappa shape index (κ1) is 17.0. The van der Waals surface area contributed by atoms with Crippen molar-refractivity contribution in [3.05, 3.63) is 22.5 Å². The predicted molar refractivity (Wildman–Crippen MR) is 89.4 cm³/mol. The topological polar surface area (TPSA) is 125 Å². The number of nitrogens with two attached hydrogens (primary N) is 1. The molecule has 0 bridgehead atoms. The van der Waals surface area contributed by atoms with Gasteiger partial charge in [0.05, 0.1) is 23.4 Å². The summed E-state index contributed by atoms with van der Waals surface area (Å²) in [6, 6.07) is -0.120. The Bertz CT molecular complexity index is 803. The van der Waals surface area contributed by atoms with Crippen LogP contribution in [0.5, 0.6) is 0 Å². The van der Waals surface area contributed by atoms with Gasteiger partial charge in [-0.25, -0.2) is 4.79 Å². The summed E-state index contributed by atoms with van der Waals surface area (Å²) in [5.41, 5.74) is 4.65. The summed E-state index contributed by atoms with van der Waals surface area (Å²) in [7, 11) is 1.88. The average Bonchev–Trinajstić information content (AvgIpc) is 2.99. The van der Waals surface area contributed by atoms with Crippen molar-refractivity contribution in [2.24, 2.45) is 11.7 Å². The zero-order valence-electron chi connectivity index (χ0n) is 14.9. The number of fused-ring (bicyclic) bond motifs is 4. The van der Waals surface area contributed by atoms with Crippen LogP contribution in [-0.4, -0.2) is 77.1 Å². The number of Topliss-reactive ketones (excluding diaryl/α,β-unsaturated/α-hetero) is 2. The van der Waals surface area contributed by atoms with Gasteiger partial charge in [-0.3, -0.25) is 14.5 Å². The van der Waals surface area contributed by atoms with Crippen molar-refractivity contribution in [2.75, 3.05) is 26.7 Å². The van der Waals surface area contributed by atoms with Crippen LogP contribution in [0.25, 0.3) is 0 Å². The smallest absolute Gasteiger partial charge is 0.404 e. The quantitative estimate of drug-likeness (QED) is 0.416. The Morgan fingerprint density at radius 2 is 2.12 bits per heavy atom. The number of likely N-dealkylation sites (N-methyl/N-ethyl adjacent to an activating group) is 2. The maximum Gasteiger partial charge on any atom is 0.404 e. The second-order valence-electron chi connectivity index (χ2n) is 7.20. The highest BCUT2D eigenvalue weighted by Gasteiger charge is 2.74. The first-order valence-electron chi connectivity index (χ1n) is 8.67. The zero-order chi connectivity index (χ0) is 19.0. The van der Waals surface area contributed by atoms with Crippen molar-refractivity contribution in [2.45, 2.75) is 31.7 Å². The number of piperazine rings is 1. The molecule has 2 fully saturated rings. The molecule has 5 atom stereocenters. The SMILES string of the molecule is CCNC1=C(C)C(=O)C2=C(C1=O)C(COC(N)=O)C1(O)C3C(CN21)N3C. The largest absolute Gasteiger partial charge is 0.449 e. The molecule has 0 saturated carbocycles. The maximum absolute atomic E-state index is 13.1. The highest BCUT2D eigenvalue weighted by atomic mass is 16.5. The number of aliphatic hydroxyl groups is 1. The summed E-state index contributed by atoms with van der Waals surface area (Å²) in [6.45, 7) is 4.12. The number of primary amides is 1. The first-order valence-corrected chi connectivity index (χ1v) is 8.67. The molecule has 0 aromatic carbocycles. The number of allylic oxidation sites excluding steroid dienone is 2. The van der Waals surface area contributed by atoms with Crippen molar-refractivity contribution in [3.63, 3.8) is 0 Å². The monoisotopic (exact) mass is 362 g/mol. The minimum Gasteiger partial charge on any atom is -0.449 e. The van der Waals surface area contributed by atoms with E-state index in [-0.39, 0.29) is 47.2 Å². The van der Waals surface area contributed by atoms with Gasteiger partial charge in [-0.1, -0.05) is 0 Å². The van der Waals surface area contributed by atoms with Crippen molar-refractivity contribution in [3.8, 4) is 0 Å². The molecular formula is C17H22N4O5. The molecule has 0 spiro atoms. The zero-order valence-corrected chi connectivity index (χ0v) is 14.9. The number of rotatable bonds is 4. The molecule has 0 aromatic heterocycles. The van der Waals surface area contributed by atoms with E-state index in [9.17, 15) is 19.5 Å². The Balaban J connectivity index is 1.80. The van der Waals surface area contributed by atoms with Gasteiger partial charge in [0.2, 0.25) is 11.6 Å². The standard InChI is InChI=1S/C17H22N4O5/c1-4-19-11-7(2)13(22)12-10(14(11)23)8(6-26-16(18)24)17(25)15-9(20(15)3)5-21(12)17/h8-9,15,19,25H,4-6H2,1-3H3,(H2,18,24). The number of ether oxygens (including phenoxy) is 1. The van der Waals surface area contributed by atoms with Crippen LogP contribution in [0.2, 0.25) is 0 Å². The Morgan fingerprint density at radius 3 is 2.73 bits per heavy atom. The molecule has 3 aliphatic heterocycles. The number of nitrogens with one attached hydrogen (secondary N) is 1. The highest BCUT2D eigenvalue weighted by Crippen LogP contribution is 2.57. The van der Waals surface area contributed by atoms with E-state index >= 15 is 0 Å². The van der Waals surface area contributed by atoms with Crippen molar-refractivity contribution >= 4 is 17.7 Å². The molecule has 4 N–H and O–H groups in total. The van der Waals surface area contributed by atoms with Gasteiger partial charge in [0.25, 0.3) is 0 Å². The molecular weight excluding hydrogens is 340 g/mol. The van der Waals surface area contributed by atoms with E-state index in [0.29, 0.717) is 18.7 Å². The Hall–Kier alpha value is -2.39. The number of ketones is 2. The van der Waals surface area contributed by atoms with Crippen LogP contribution in [0.4, 0.5) is 4.79 Å². The second-order valence-corrected chi connectivity index (χ2v) is 7.20. The second kappa shape index (κ2) is 5.31. The van der Waals surface area contributed by atoms with E-state index in [1.807, 2.05) is 18.9 Å². The van der Waals surface area contributed by atoms with Crippen LogP contribution in [0.3, 0.4) is 0 Å². The molecule has 2 saturated heterocycles. The molecule has 1 aliphatic carbocycles. The van der Waals surface area contributed by atoms with Gasteiger partial charge in [-0.2, -0.15) is 0 Å². The lowest BCUT2D eigenvalue weighted by atomic mass is 9.82. The van der Waals surface area contributed by atoms with Crippen molar-refractivity contribution < 1.29 is 24.2 Å². The van der Waals surface area contributed by atoms with E-state index in [2.05, 4.69) is 5.32 Å². The third-order valence-electron chi connectivity index (χ3n) is 6.01. The van der Waals surface area contributed by atoms with Gasteiger partial charge in [-0.05, 0) is 20.9 Å². The Kier molecular flexibility index (Phi) is 3.48. The molecule has 140 valence electrons. The Morgan fingerprint density at radius 1 is 1.42 bits per heavy atom. The van der Waals surface area contributed by atoms with E-state index in [1.54, 1.807) is 11.8 Å². The lowest BCUT2D eigenvalue weighted by molar-refractivity contribution is -0.126. The van der Waals surface area contributed by atoms with Gasteiger partial charge in [0.15, 0.2) is 5.72 Å². The van der Waals surface area contributed by atoms with Crippen molar-refractivity contribution in [1.82, 2.24) is 15.1 Å². The number of carbonyl (C=O) groups is 3. The Labute approximate surface area is 150 Å². The van der Waals surface area contributed by atoms with E-state index in [4.69, 9.17) is 10.5 Å². The van der Waals surface area contributed by atoms with Crippen molar-refractivity contribution in [1.29, 1.82) is 0 Å². The van der Waals surface area contributed by atoms with Gasteiger partial charge in [0.1, 0.15) is 6.61 Å². The summed E-state index contributed by atoms with van der Waals surface area (Å²) >= 11 is 0. The van der Waals surface area contributed by atoms with Crippen LogP contribution in [-0.2, 0) is 14.3 Å². The van der Waals surface area contributed by atoms with E-state index < -0.39 is 17.7 Å². The molecule has 3 heterocycles. The summed E-state index contributed by atoms with van der Waals surface area (Å²) in [4.78, 5) is 40.9. The van der Waals surface area contributed by atoms with E-state index in [1.165, 1.54) is 0 Å². The number of hydrogen-bond donors (Lipinski definition) is 3. The number of carbonyl (C=O) groups excluding carboxylic acids is 3. The highest BCUT2D eigenvalue weighted by molar-refractivity contribution is 6.25. The van der Waals surface area contributed by atoms with Gasteiger partial charge < -0.3 is 25.8 Å². The molecule has 1 amide bonds. The average molecular weight is 362 g/mol.